The molecule has 2 aliphatic heterocycles. The molecular formula is C14H25NO16S3. The van der Waals surface area contributed by atoms with Crippen LogP contribution in [0.4, 0.5) is 0 Å². The van der Waals surface area contributed by atoms with Crippen molar-refractivity contribution in [1.29, 1.82) is 0 Å². The molecule has 200 valence electrons. The van der Waals surface area contributed by atoms with Gasteiger partial charge in [0.25, 0.3) is 0 Å². The summed E-state index contributed by atoms with van der Waals surface area (Å²) in [5, 5.41) is 20.9. The number of nitrogens with one attached hydrogen (secondary N) is 1. The summed E-state index contributed by atoms with van der Waals surface area (Å²) in [6.45, 7) is 2.11. The predicted octanol–water partition coefficient (Wildman–Crippen LogP) is -2.84. The SMILES string of the molecule is CC(C)[C@@H]1OC(COS(=O)(=O)O)[C@@H](O[C@@H]2OC=C[C@H](O)C2OS(=O)(=O)O)[C@H](O)C1NS(=O)(=O)O. The fourth-order valence-corrected chi connectivity index (χ4v) is 4.79. The van der Waals surface area contributed by atoms with Crippen molar-refractivity contribution in [3.8, 4) is 0 Å². The van der Waals surface area contributed by atoms with Crippen LogP contribution < -0.4 is 4.72 Å². The van der Waals surface area contributed by atoms with Crippen LogP contribution in [0, 0.1) is 5.92 Å². The lowest BCUT2D eigenvalue weighted by molar-refractivity contribution is -0.279. The van der Waals surface area contributed by atoms with Gasteiger partial charge in [-0.15, -0.1) is 0 Å². The Morgan fingerprint density at radius 2 is 1.62 bits per heavy atom. The summed E-state index contributed by atoms with van der Waals surface area (Å²) in [5.74, 6) is -0.547. The zero-order valence-electron chi connectivity index (χ0n) is 17.5. The maximum absolute atomic E-state index is 11.4. The fraction of sp³-hybridized carbons (Fsp3) is 0.857. The largest absolute Gasteiger partial charge is 0.470 e. The Morgan fingerprint density at radius 3 is 2.12 bits per heavy atom. The van der Waals surface area contributed by atoms with Crippen LogP contribution in [0.2, 0.25) is 0 Å². The zero-order chi connectivity index (χ0) is 26.1. The molecule has 2 rings (SSSR count). The van der Waals surface area contributed by atoms with Crippen LogP contribution in [0.25, 0.3) is 0 Å². The van der Waals surface area contributed by atoms with E-state index in [2.05, 4.69) is 8.37 Å². The summed E-state index contributed by atoms with van der Waals surface area (Å²) in [6.07, 6.45) is -10.2. The third-order valence-corrected chi connectivity index (χ3v) is 6.17. The lowest BCUT2D eigenvalue weighted by Gasteiger charge is -2.47. The van der Waals surface area contributed by atoms with E-state index in [0.29, 0.717) is 0 Å². The van der Waals surface area contributed by atoms with Gasteiger partial charge in [0.1, 0.15) is 24.4 Å². The van der Waals surface area contributed by atoms with Crippen molar-refractivity contribution in [2.24, 2.45) is 5.92 Å². The van der Waals surface area contributed by atoms with E-state index < -0.39 is 92.6 Å². The first-order valence-corrected chi connectivity index (χ1v) is 13.6. The molecule has 34 heavy (non-hydrogen) atoms. The predicted molar refractivity (Wildman–Crippen MR) is 107 cm³/mol. The molecule has 3 unspecified atom stereocenters. The highest BCUT2D eigenvalue weighted by Gasteiger charge is 2.51. The summed E-state index contributed by atoms with van der Waals surface area (Å²) in [4.78, 5) is 0. The molecule has 2 heterocycles. The van der Waals surface area contributed by atoms with Crippen molar-refractivity contribution in [3.63, 3.8) is 0 Å². The molecule has 0 aromatic rings. The van der Waals surface area contributed by atoms with Gasteiger partial charge in [0.15, 0.2) is 6.10 Å². The minimum absolute atomic E-state index is 0.547. The molecule has 0 spiro atoms. The summed E-state index contributed by atoms with van der Waals surface area (Å²) in [5.41, 5.74) is 0. The van der Waals surface area contributed by atoms with Crippen LogP contribution in [0.3, 0.4) is 0 Å². The fourth-order valence-electron chi connectivity index (χ4n) is 3.38. The van der Waals surface area contributed by atoms with Crippen LogP contribution in [0.1, 0.15) is 13.8 Å². The average Bonchev–Trinajstić information content (AvgIpc) is 2.64. The lowest BCUT2D eigenvalue weighted by Crippen LogP contribution is -2.67. The third kappa shape index (κ3) is 8.58. The van der Waals surface area contributed by atoms with Crippen LogP contribution in [-0.4, -0.2) is 105 Å². The Bertz CT molecular complexity index is 1040. The van der Waals surface area contributed by atoms with Crippen molar-refractivity contribution in [2.75, 3.05) is 6.61 Å². The molecule has 17 nitrogen and oxygen atoms in total. The van der Waals surface area contributed by atoms with Crippen molar-refractivity contribution >= 4 is 31.1 Å². The van der Waals surface area contributed by atoms with Crippen LogP contribution in [0.5, 0.6) is 0 Å². The van der Waals surface area contributed by atoms with Crippen molar-refractivity contribution < 1.29 is 71.7 Å². The number of aliphatic hydroxyl groups is 2. The van der Waals surface area contributed by atoms with Gasteiger partial charge >= 0.3 is 31.1 Å². The smallest absolute Gasteiger partial charge is 0.397 e. The lowest BCUT2D eigenvalue weighted by atomic mass is 9.88. The Labute approximate surface area is 195 Å². The molecule has 0 aliphatic carbocycles. The van der Waals surface area contributed by atoms with Gasteiger partial charge in [-0.25, -0.2) is 8.37 Å². The van der Waals surface area contributed by atoms with Gasteiger partial charge < -0.3 is 24.4 Å². The highest BCUT2D eigenvalue weighted by molar-refractivity contribution is 7.83. The Balaban J connectivity index is 2.41. The van der Waals surface area contributed by atoms with Gasteiger partial charge in [0.2, 0.25) is 6.29 Å². The average molecular weight is 560 g/mol. The van der Waals surface area contributed by atoms with E-state index in [9.17, 15) is 40.0 Å². The van der Waals surface area contributed by atoms with Crippen molar-refractivity contribution in [2.45, 2.75) is 62.8 Å². The second-order valence-corrected chi connectivity index (χ2v) is 10.9. The first kappa shape index (κ1) is 29.2. The summed E-state index contributed by atoms with van der Waals surface area (Å²) in [7, 11) is -15.1. The number of hydrogen-bond donors (Lipinski definition) is 6. The zero-order valence-corrected chi connectivity index (χ0v) is 20.0. The van der Waals surface area contributed by atoms with Gasteiger partial charge in [-0.2, -0.15) is 30.0 Å². The second kappa shape index (κ2) is 10.9. The molecule has 1 fully saturated rings. The number of hydrogen-bond acceptors (Lipinski definition) is 13. The maximum Gasteiger partial charge on any atom is 0.397 e. The molecular weight excluding hydrogens is 534 g/mol. The molecule has 8 atom stereocenters. The van der Waals surface area contributed by atoms with Gasteiger partial charge in [0, 0.05) is 0 Å². The van der Waals surface area contributed by atoms with E-state index in [1.54, 1.807) is 18.6 Å². The molecule has 0 amide bonds. The normalized spacial score (nSPS) is 35.3. The molecule has 1 saturated heterocycles. The first-order valence-electron chi connectivity index (χ1n) is 9.39. The summed E-state index contributed by atoms with van der Waals surface area (Å²) >= 11 is 0. The minimum atomic E-state index is -5.15. The third-order valence-electron chi connectivity index (χ3n) is 4.70. The summed E-state index contributed by atoms with van der Waals surface area (Å²) in [6, 6.07) is -1.59. The quantitative estimate of drug-likeness (QED) is 0.147. The molecule has 0 aromatic carbocycles. The van der Waals surface area contributed by atoms with Gasteiger partial charge in [-0.1, -0.05) is 13.8 Å². The van der Waals surface area contributed by atoms with Crippen molar-refractivity contribution in [1.82, 2.24) is 4.72 Å². The van der Waals surface area contributed by atoms with E-state index in [1.807, 2.05) is 0 Å². The molecule has 0 radical (unpaired) electrons. The van der Waals surface area contributed by atoms with E-state index >= 15 is 0 Å². The Kier molecular flexibility index (Phi) is 9.40. The van der Waals surface area contributed by atoms with Gasteiger partial charge in [-0.05, 0) is 12.0 Å². The number of aliphatic hydroxyl groups excluding tert-OH is 2. The minimum Gasteiger partial charge on any atom is -0.470 e. The number of rotatable bonds is 10. The topological polar surface area (TPSA) is 262 Å². The highest BCUT2D eigenvalue weighted by Crippen LogP contribution is 2.31. The van der Waals surface area contributed by atoms with Crippen molar-refractivity contribution in [3.05, 3.63) is 12.3 Å². The summed E-state index contributed by atoms with van der Waals surface area (Å²) < 4.78 is 121. The molecule has 2 aliphatic rings. The van der Waals surface area contributed by atoms with E-state index in [0.717, 1.165) is 12.3 Å². The van der Waals surface area contributed by atoms with Gasteiger partial charge in [-0.3, -0.25) is 13.7 Å². The Morgan fingerprint density at radius 1 is 1.00 bits per heavy atom. The van der Waals surface area contributed by atoms with Gasteiger partial charge in [0.05, 0.1) is 25.0 Å². The van der Waals surface area contributed by atoms with E-state index in [4.69, 9.17) is 23.3 Å². The highest BCUT2D eigenvalue weighted by atomic mass is 32.3. The molecule has 20 heteroatoms. The van der Waals surface area contributed by atoms with Crippen LogP contribution >= 0.6 is 0 Å². The van der Waals surface area contributed by atoms with Crippen LogP contribution in [-0.2, 0) is 53.7 Å². The van der Waals surface area contributed by atoms with E-state index in [-0.39, 0.29) is 0 Å². The maximum atomic E-state index is 11.4. The van der Waals surface area contributed by atoms with E-state index in [1.165, 1.54) is 0 Å². The van der Waals surface area contributed by atoms with Crippen LogP contribution in [0.15, 0.2) is 12.3 Å². The molecule has 0 saturated carbocycles. The second-order valence-electron chi connectivity index (χ2n) is 7.62. The molecule has 0 bridgehead atoms. The standard InChI is InChI=1S/C14H25NO16S3/c1-6(2)11-9(15-32(18,19)20)10(17)13(8(29-11)5-28-33(21,22)23)30-14-12(31-34(24,25)26)7(16)3-4-27-14/h3-4,6-17H,5H2,1-2H3,(H,18,19,20)(H,21,22,23)(H,24,25,26)/t7-,8?,9?,10+,11-,12?,13+,14-/m0/s1. The number of ether oxygens (including phenoxy) is 3. The Hall–Kier alpha value is -1.01. The monoisotopic (exact) mass is 559 g/mol. The first-order chi connectivity index (χ1) is 15.4. The molecule has 6 N–H and O–H groups in total. The molecule has 0 aromatic heterocycles.